The van der Waals surface area contributed by atoms with E-state index in [4.69, 9.17) is 0 Å². The minimum Gasteiger partial charge on any atom is -0.335 e. The third kappa shape index (κ3) is 10.4. The van der Waals surface area contributed by atoms with E-state index < -0.39 is 0 Å². The second-order valence-electron chi connectivity index (χ2n) is 5.83. The van der Waals surface area contributed by atoms with Crippen molar-refractivity contribution in [3.05, 3.63) is 0 Å². The van der Waals surface area contributed by atoms with Gasteiger partial charge in [0.25, 0.3) is 0 Å². The first-order chi connectivity index (χ1) is 6.70. The van der Waals surface area contributed by atoms with Crippen LogP contribution >= 0.6 is 0 Å². The lowest BCUT2D eigenvalue weighted by molar-refractivity contribution is 0.433. The van der Waals surface area contributed by atoms with Crippen molar-refractivity contribution in [2.45, 2.75) is 71.9 Å². The van der Waals surface area contributed by atoms with Gasteiger partial charge in [0.15, 0.2) is 0 Å². The molecule has 0 aliphatic heterocycles. The quantitative estimate of drug-likeness (QED) is 0.466. The first-order valence-electron chi connectivity index (χ1n) is 5.98. The summed E-state index contributed by atoms with van der Waals surface area (Å²) in [6, 6.07) is 1.08. The van der Waals surface area contributed by atoms with Crippen molar-refractivity contribution >= 4 is 9.68 Å². The molecule has 4 heteroatoms. The molecule has 0 atom stereocenters. The average Bonchev–Trinajstić information content (AvgIpc) is 1.96. The Kier molecular flexibility index (Phi) is 6.67. The molecule has 0 spiro atoms. The molecule has 0 aromatic heterocycles. The first-order valence-corrected chi connectivity index (χ1v) is 7.50. The van der Waals surface area contributed by atoms with Crippen LogP contribution in [0.4, 0.5) is 0 Å². The normalized spacial score (nSPS) is 14.0. The molecule has 3 nitrogen and oxygen atoms in total. The maximum Gasteiger partial charge on any atom is 0.128 e. The zero-order chi connectivity index (χ0) is 12.1. The second-order valence-corrected chi connectivity index (χ2v) is 7.40. The molecule has 0 saturated carbocycles. The van der Waals surface area contributed by atoms with E-state index in [1.54, 1.807) is 0 Å². The Hall–Kier alpha value is 0.0969. The molecular formula is C11H29N3Si. The lowest BCUT2D eigenvalue weighted by atomic mass is 10.1. The van der Waals surface area contributed by atoms with Gasteiger partial charge in [-0.15, -0.1) is 0 Å². The Balaban J connectivity index is 4.01. The lowest BCUT2D eigenvalue weighted by Gasteiger charge is -2.29. The van der Waals surface area contributed by atoms with Gasteiger partial charge in [-0.3, -0.25) is 0 Å². The van der Waals surface area contributed by atoms with Gasteiger partial charge < -0.3 is 15.6 Å². The van der Waals surface area contributed by atoms with Gasteiger partial charge in [0, 0.05) is 17.6 Å². The van der Waals surface area contributed by atoms with Crippen LogP contribution < -0.4 is 15.6 Å². The highest BCUT2D eigenvalue weighted by Crippen LogP contribution is 1.97. The Morgan fingerprint density at radius 3 is 1.53 bits per heavy atom. The lowest BCUT2D eigenvalue weighted by Crippen LogP contribution is -2.58. The largest absolute Gasteiger partial charge is 0.335 e. The van der Waals surface area contributed by atoms with E-state index in [-0.39, 0.29) is 15.2 Å². The summed E-state index contributed by atoms with van der Waals surface area (Å²) in [5.41, 5.74) is 0.238. The third-order valence-corrected chi connectivity index (χ3v) is 4.05. The smallest absolute Gasteiger partial charge is 0.128 e. The van der Waals surface area contributed by atoms with Crippen LogP contribution in [-0.4, -0.2) is 33.1 Å². The average molecular weight is 231 g/mol. The molecule has 0 aromatic rings. The van der Waals surface area contributed by atoms with Crippen LogP contribution in [0.5, 0.6) is 0 Å². The zero-order valence-corrected chi connectivity index (χ0v) is 12.9. The van der Waals surface area contributed by atoms with Crippen LogP contribution in [0.25, 0.3) is 0 Å². The molecule has 3 N–H and O–H groups in total. The monoisotopic (exact) mass is 231 g/mol. The number of hydrogen-bond acceptors (Lipinski definition) is 3. The van der Waals surface area contributed by atoms with E-state index in [0.717, 1.165) is 0 Å². The second kappa shape index (κ2) is 6.63. The number of hydrogen-bond donors (Lipinski definition) is 3. The van der Waals surface area contributed by atoms with E-state index in [2.05, 4.69) is 64.1 Å². The van der Waals surface area contributed by atoms with Gasteiger partial charge in [-0.05, 0) is 48.5 Å². The maximum atomic E-state index is 3.65. The van der Waals surface area contributed by atoms with Gasteiger partial charge in [0.2, 0.25) is 0 Å². The van der Waals surface area contributed by atoms with Crippen molar-refractivity contribution in [2.24, 2.45) is 0 Å². The van der Waals surface area contributed by atoms with E-state index in [9.17, 15) is 0 Å². The first kappa shape index (κ1) is 15.1. The summed E-state index contributed by atoms with van der Waals surface area (Å²) >= 11 is 0. The summed E-state index contributed by atoms with van der Waals surface area (Å²) < 4.78 is 0. The molecule has 0 bridgehead atoms. The summed E-state index contributed by atoms with van der Waals surface area (Å²) in [5.74, 6) is 0.476. The molecule has 0 heterocycles. The minimum atomic E-state index is -0.337. The van der Waals surface area contributed by atoms with Crippen molar-refractivity contribution in [3.63, 3.8) is 0 Å². The highest BCUT2D eigenvalue weighted by Gasteiger charge is 2.15. The summed E-state index contributed by atoms with van der Waals surface area (Å²) in [4.78, 5) is 3.65. The molecule has 0 aromatic carbocycles. The fourth-order valence-corrected chi connectivity index (χ4v) is 3.37. The van der Waals surface area contributed by atoms with Crippen LogP contribution in [0.1, 0.15) is 48.5 Å². The standard InChI is InChI=1S/C11H29N3Si/c1-8(2)12-10(13-9(3)4)15-14-11(5,6)7/h8-10,12-14H,15H2,1-7H3. The fourth-order valence-electron chi connectivity index (χ4n) is 1.38. The van der Waals surface area contributed by atoms with Crippen molar-refractivity contribution in [3.8, 4) is 0 Å². The van der Waals surface area contributed by atoms with Crippen LogP contribution in [0.15, 0.2) is 0 Å². The van der Waals surface area contributed by atoms with E-state index in [1.807, 2.05) is 0 Å². The van der Waals surface area contributed by atoms with E-state index >= 15 is 0 Å². The molecule has 0 radical (unpaired) electrons. The van der Waals surface area contributed by atoms with Crippen molar-refractivity contribution in [2.75, 3.05) is 0 Å². The number of rotatable bonds is 6. The Morgan fingerprint density at radius 1 is 0.867 bits per heavy atom. The molecule has 0 saturated heterocycles. The fraction of sp³-hybridized carbons (Fsp3) is 1.00. The van der Waals surface area contributed by atoms with Crippen LogP contribution in [0.3, 0.4) is 0 Å². The van der Waals surface area contributed by atoms with Crippen LogP contribution in [0, 0.1) is 0 Å². The molecule has 0 rings (SSSR count). The van der Waals surface area contributed by atoms with Gasteiger partial charge >= 0.3 is 0 Å². The summed E-state index contributed by atoms with van der Waals surface area (Å²) in [5, 5.41) is 7.14. The number of nitrogens with one attached hydrogen (secondary N) is 3. The molecule has 0 amide bonds. The van der Waals surface area contributed by atoms with E-state index in [1.165, 1.54) is 0 Å². The van der Waals surface area contributed by atoms with Gasteiger partial charge in [-0.1, -0.05) is 0 Å². The van der Waals surface area contributed by atoms with Crippen LogP contribution in [0.2, 0.25) is 0 Å². The van der Waals surface area contributed by atoms with Crippen molar-refractivity contribution in [1.82, 2.24) is 15.6 Å². The summed E-state index contributed by atoms with van der Waals surface area (Å²) in [7, 11) is -0.337. The molecule has 15 heavy (non-hydrogen) atoms. The topological polar surface area (TPSA) is 36.1 Å². The molecule has 0 aliphatic rings. The van der Waals surface area contributed by atoms with E-state index in [0.29, 0.717) is 17.9 Å². The predicted molar refractivity (Wildman–Crippen MR) is 71.8 cm³/mol. The van der Waals surface area contributed by atoms with Gasteiger partial charge in [-0.25, -0.2) is 0 Å². The summed E-state index contributed by atoms with van der Waals surface area (Å²) in [6.07, 6.45) is 0. The molecule has 0 fully saturated rings. The van der Waals surface area contributed by atoms with Crippen LogP contribution in [-0.2, 0) is 0 Å². The molecular weight excluding hydrogens is 202 g/mol. The Bertz CT molecular complexity index is 154. The van der Waals surface area contributed by atoms with Gasteiger partial charge in [-0.2, -0.15) is 0 Å². The predicted octanol–water partition coefficient (Wildman–Crippen LogP) is 0.738. The maximum absolute atomic E-state index is 3.65. The minimum absolute atomic E-state index is 0.238. The highest BCUT2D eigenvalue weighted by molar-refractivity contribution is 6.34. The molecule has 92 valence electrons. The molecule has 0 aliphatic carbocycles. The third-order valence-electron chi connectivity index (χ3n) is 1.91. The van der Waals surface area contributed by atoms with Crippen molar-refractivity contribution < 1.29 is 0 Å². The van der Waals surface area contributed by atoms with Crippen molar-refractivity contribution in [1.29, 1.82) is 0 Å². The Labute approximate surface area is 97.7 Å². The van der Waals surface area contributed by atoms with Gasteiger partial charge in [0.1, 0.15) is 9.68 Å². The van der Waals surface area contributed by atoms with Gasteiger partial charge in [0.05, 0.1) is 5.79 Å². The summed E-state index contributed by atoms with van der Waals surface area (Å²) in [6.45, 7) is 15.5. The zero-order valence-electron chi connectivity index (χ0n) is 11.4. The Morgan fingerprint density at radius 2 is 1.27 bits per heavy atom. The SMILES string of the molecule is CC(C)NC(NC(C)C)[SiH2]NC(C)(C)C. The molecule has 0 unspecified atom stereocenters. The highest BCUT2D eigenvalue weighted by atomic mass is 28.2.